The first-order valence-electron chi connectivity index (χ1n) is 6.43. The zero-order valence-corrected chi connectivity index (χ0v) is 10.7. The van der Waals surface area contributed by atoms with E-state index in [-0.39, 0.29) is 23.8 Å². The lowest BCUT2D eigenvalue weighted by molar-refractivity contribution is -0.160. The highest BCUT2D eigenvalue weighted by molar-refractivity contribution is 5.98. The first kappa shape index (κ1) is 14.2. The molecule has 3 rings (SSSR count). The number of fused-ring (bicyclic) bond motifs is 1. The number of aliphatic hydroxyl groups is 2. The van der Waals surface area contributed by atoms with E-state index in [0.717, 1.165) is 18.4 Å². The molecule has 0 radical (unpaired) electrons. The van der Waals surface area contributed by atoms with Crippen LogP contribution in [0.5, 0.6) is 0 Å². The predicted molar refractivity (Wildman–Crippen MR) is 63.4 cm³/mol. The second kappa shape index (κ2) is 5.81. The Balaban J connectivity index is 0.000000163. The zero-order valence-electron chi connectivity index (χ0n) is 10.7. The van der Waals surface area contributed by atoms with E-state index in [2.05, 4.69) is 9.47 Å². The Hall–Kier alpha value is -1.24. The minimum atomic E-state index is -0.727. The Morgan fingerprint density at radius 3 is 2.21 bits per heavy atom. The molecule has 0 spiro atoms. The Labute approximate surface area is 111 Å². The third-order valence-electron chi connectivity index (χ3n) is 3.57. The first-order valence-corrected chi connectivity index (χ1v) is 6.43. The van der Waals surface area contributed by atoms with Crippen LogP contribution in [0.15, 0.2) is 11.6 Å². The zero-order chi connectivity index (χ0) is 14.0. The summed E-state index contributed by atoms with van der Waals surface area (Å²) in [5.74, 6) is -1.16. The van der Waals surface area contributed by atoms with Gasteiger partial charge in [-0.15, -0.1) is 0 Å². The van der Waals surface area contributed by atoms with Gasteiger partial charge in [-0.1, -0.05) is 11.6 Å². The van der Waals surface area contributed by atoms with Crippen molar-refractivity contribution in [1.29, 1.82) is 0 Å². The number of esters is 2. The summed E-state index contributed by atoms with van der Waals surface area (Å²) < 4.78 is 9.03. The van der Waals surface area contributed by atoms with Crippen molar-refractivity contribution in [3.05, 3.63) is 11.6 Å². The number of cyclic esters (lactones) is 2. The highest BCUT2D eigenvalue weighted by atomic mass is 16.7. The highest BCUT2D eigenvalue weighted by Crippen LogP contribution is 2.36. The summed E-state index contributed by atoms with van der Waals surface area (Å²) in [6.45, 7) is 1.89. The Bertz CT molecular complexity index is 394. The molecule has 4 unspecified atom stereocenters. The molecule has 6 nitrogen and oxygen atoms in total. The minimum absolute atomic E-state index is 0.192. The van der Waals surface area contributed by atoms with Gasteiger partial charge in [0.1, 0.15) is 0 Å². The van der Waals surface area contributed by atoms with Crippen molar-refractivity contribution in [2.75, 3.05) is 0 Å². The quantitative estimate of drug-likeness (QED) is 0.378. The lowest BCUT2D eigenvalue weighted by Crippen LogP contribution is -2.21. The van der Waals surface area contributed by atoms with Crippen LogP contribution in [0.2, 0.25) is 0 Å². The van der Waals surface area contributed by atoms with E-state index in [4.69, 9.17) is 10.2 Å². The van der Waals surface area contributed by atoms with Gasteiger partial charge in [0, 0.05) is 12.8 Å². The van der Waals surface area contributed by atoms with Crippen molar-refractivity contribution in [3.8, 4) is 0 Å². The molecule has 4 atom stereocenters. The molecule has 1 aliphatic carbocycles. The first-order chi connectivity index (χ1) is 8.99. The summed E-state index contributed by atoms with van der Waals surface area (Å²) >= 11 is 0. The van der Waals surface area contributed by atoms with E-state index in [1.165, 1.54) is 0 Å². The van der Waals surface area contributed by atoms with Gasteiger partial charge in [0.2, 0.25) is 0 Å². The standard InChI is InChI=1S/C9H10O3.C4H8O3/c1-5-3-2-4-6-7(5)9(11)12-8(6)10;5-3-1-2-4(6)7-3/h3,6-7H,2,4H2,1H3;3-6H,1-2H2. The molecule has 2 N–H and O–H groups in total. The van der Waals surface area contributed by atoms with Crippen LogP contribution in [-0.4, -0.2) is 34.7 Å². The van der Waals surface area contributed by atoms with E-state index in [9.17, 15) is 9.59 Å². The molecule has 2 saturated heterocycles. The molecule has 2 fully saturated rings. The van der Waals surface area contributed by atoms with Gasteiger partial charge in [-0.25, -0.2) is 0 Å². The number of aliphatic hydroxyl groups excluding tert-OH is 2. The number of allylic oxidation sites excluding steroid dienone is 1. The second-order valence-electron chi connectivity index (χ2n) is 4.97. The van der Waals surface area contributed by atoms with Gasteiger partial charge in [0.25, 0.3) is 0 Å². The Morgan fingerprint density at radius 2 is 1.74 bits per heavy atom. The van der Waals surface area contributed by atoms with Gasteiger partial charge < -0.3 is 19.7 Å². The van der Waals surface area contributed by atoms with Crippen LogP contribution in [-0.2, 0) is 19.1 Å². The maximum Gasteiger partial charge on any atom is 0.321 e. The summed E-state index contributed by atoms with van der Waals surface area (Å²) in [5, 5.41) is 17.0. The van der Waals surface area contributed by atoms with Crippen molar-refractivity contribution >= 4 is 11.9 Å². The third kappa shape index (κ3) is 3.20. The number of rotatable bonds is 0. The molecule has 0 aromatic rings. The molecular weight excluding hydrogens is 252 g/mol. The predicted octanol–water partition coefficient (Wildman–Crippen LogP) is 0.476. The smallest absolute Gasteiger partial charge is 0.321 e. The lowest BCUT2D eigenvalue weighted by Gasteiger charge is -2.18. The van der Waals surface area contributed by atoms with E-state index >= 15 is 0 Å². The lowest BCUT2D eigenvalue weighted by atomic mass is 9.81. The number of ether oxygens (including phenoxy) is 2. The van der Waals surface area contributed by atoms with Crippen molar-refractivity contribution < 1.29 is 29.3 Å². The molecule has 2 aliphatic heterocycles. The van der Waals surface area contributed by atoms with Gasteiger partial charge in [0.05, 0.1) is 11.8 Å². The van der Waals surface area contributed by atoms with Crippen molar-refractivity contribution in [1.82, 2.24) is 0 Å². The summed E-state index contributed by atoms with van der Waals surface area (Å²) in [5.41, 5.74) is 0.988. The van der Waals surface area contributed by atoms with Crippen LogP contribution in [0.1, 0.15) is 32.6 Å². The molecule has 0 aromatic carbocycles. The number of hydrogen-bond acceptors (Lipinski definition) is 6. The monoisotopic (exact) mass is 270 g/mol. The highest BCUT2D eigenvalue weighted by Gasteiger charge is 2.45. The van der Waals surface area contributed by atoms with Crippen molar-refractivity contribution in [2.45, 2.75) is 45.2 Å². The van der Waals surface area contributed by atoms with E-state index < -0.39 is 12.6 Å². The molecule has 3 aliphatic rings. The fourth-order valence-corrected chi connectivity index (χ4v) is 2.55. The van der Waals surface area contributed by atoms with Gasteiger partial charge in [-0.05, 0) is 19.8 Å². The molecule has 2 heterocycles. The maximum absolute atomic E-state index is 11.1. The van der Waals surface area contributed by atoms with Crippen LogP contribution < -0.4 is 0 Å². The Kier molecular flexibility index (Phi) is 4.34. The van der Waals surface area contributed by atoms with E-state index in [1.807, 2.05) is 13.0 Å². The van der Waals surface area contributed by atoms with Crippen LogP contribution in [0, 0.1) is 11.8 Å². The van der Waals surface area contributed by atoms with Crippen molar-refractivity contribution in [3.63, 3.8) is 0 Å². The van der Waals surface area contributed by atoms with Gasteiger partial charge in [-0.3, -0.25) is 9.59 Å². The summed E-state index contributed by atoms with van der Waals surface area (Å²) in [4.78, 5) is 22.2. The molecule has 0 aromatic heterocycles. The van der Waals surface area contributed by atoms with Gasteiger partial charge in [0.15, 0.2) is 12.6 Å². The van der Waals surface area contributed by atoms with Crippen LogP contribution in [0.25, 0.3) is 0 Å². The fourth-order valence-electron chi connectivity index (χ4n) is 2.55. The van der Waals surface area contributed by atoms with Crippen LogP contribution >= 0.6 is 0 Å². The van der Waals surface area contributed by atoms with Crippen molar-refractivity contribution in [2.24, 2.45) is 11.8 Å². The summed E-state index contributed by atoms with van der Waals surface area (Å²) in [6.07, 6.45) is 3.32. The summed E-state index contributed by atoms with van der Waals surface area (Å²) in [6, 6.07) is 0. The molecule has 6 heteroatoms. The Morgan fingerprint density at radius 1 is 1.11 bits per heavy atom. The van der Waals surface area contributed by atoms with Gasteiger partial charge in [-0.2, -0.15) is 0 Å². The number of hydrogen-bond donors (Lipinski definition) is 2. The minimum Gasteiger partial charge on any atom is -0.392 e. The summed E-state index contributed by atoms with van der Waals surface area (Å²) in [7, 11) is 0. The van der Waals surface area contributed by atoms with E-state index in [1.54, 1.807) is 0 Å². The average Bonchev–Trinajstić information content (AvgIpc) is 2.85. The average molecular weight is 270 g/mol. The third-order valence-corrected chi connectivity index (χ3v) is 3.57. The molecular formula is C13H18O6. The molecule has 106 valence electrons. The molecule has 0 saturated carbocycles. The van der Waals surface area contributed by atoms with Crippen LogP contribution in [0.3, 0.4) is 0 Å². The SMILES string of the molecule is CC1=CCCC2C(=O)OC(=O)C12.OC1CCC(O)O1. The van der Waals surface area contributed by atoms with E-state index in [0.29, 0.717) is 12.8 Å². The fraction of sp³-hybridized carbons (Fsp3) is 0.692. The van der Waals surface area contributed by atoms with Gasteiger partial charge >= 0.3 is 11.9 Å². The topological polar surface area (TPSA) is 93.1 Å². The number of carbonyl (C=O) groups excluding carboxylic acids is 2. The largest absolute Gasteiger partial charge is 0.392 e. The number of carbonyl (C=O) groups is 2. The molecule has 19 heavy (non-hydrogen) atoms. The molecule has 0 bridgehead atoms. The normalized spacial score (nSPS) is 37.1. The second-order valence-corrected chi connectivity index (χ2v) is 4.97. The van der Waals surface area contributed by atoms with Crippen LogP contribution in [0.4, 0.5) is 0 Å². The maximum atomic E-state index is 11.1. The molecule has 0 amide bonds.